The molecule has 0 bridgehead atoms. The van der Waals surface area contributed by atoms with E-state index in [1.807, 2.05) is 42.2 Å². The molecule has 6 nitrogen and oxygen atoms in total. The summed E-state index contributed by atoms with van der Waals surface area (Å²) < 4.78 is 1.85. The molecule has 0 radical (unpaired) electrons. The Hall–Kier alpha value is -3.93. The molecule has 0 saturated heterocycles. The Morgan fingerprint density at radius 1 is 1.17 bits per heavy atom. The van der Waals surface area contributed by atoms with Gasteiger partial charge < -0.3 is 10.6 Å². The summed E-state index contributed by atoms with van der Waals surface area (Å²) in [5.74, 6) is -0.0545. The van der Waals surface area contributed by atoms with Gasteiger partial charge in [0.05, 0.1) is 17.3 Å². The number of aromatic nitrogens is 3. The van der Waals surface area contributed by atoms with E-state index in [-0.39, 0.29) is 5.91 Å². The number of carbonyl (C=O) groups excluding carboxylic acids is 1. The van der Waals surface area contributed by atoms with Crippen LogP contribution in [0.25, 0.3) is 27.6 Å². The molecule has 148 valence electrons. The van der Waals surface area contributed by atoms with Crippen molar-refractivity contribution < 1.29 is 4.79 Å². The maximum absolute atomic E-state index is 13.2. The van der Waals surface area contributed by atoms with Crippen molar-refractivity contribution >= 4 is 28.1 Å². The second kappa shape index (κ2) is 6.84. The Kier molecular flexibility index (Phi) is 4.13. The van der Waals surface area contributed by atoms with Gasteiger partial charge in [-0.25, -0.2) is 0 Å². The van der Waals surface area contributed by atoms with Crippen molar-refractivity contribution in [3.63, 3.8) is 0 Å². The van der Waals surface area contributed by atoms with Gasteiger partial charge in [0.15, 0.2) is 0 Å². The second-order valence-electron chi connectivity index (χ2n) is 7.60. The normalized spacial score (nSPS) is 13.1. The fourth-order valence-corrected chi connectivity index (χ4v) is 4.12. The smallest absolute Gasteiger partial charge is 0.256 e. The van der Waals surface area contributed by atoms with Crippen molar-refractivity contribution in [3.8, 4) is 11.1 Å². The molecule has 0 fully saturated rings. The lowest BCUT2D eigenvalue weighted by Gasteiger charge is -2.17. The first-order valence-corrected chi connectivity index (χ1v) is 9.74. The van der Waals surface area contributed by atoms with Crippen LogP contribution in [0.4, 0.5) is 5.69 Å². The average Bonchev–Trinajstić information content (AvgIpc) is 3.29. The third-order valence-electron chi connectivity index (χ3n) is 5.73. The van der Waals surface area contributed by atoms with Gasteiger partial charge >= 0.3 is 0 Å². The Bertz CT molecular complexity index is 1310. The molecule has 6 heteroatoms. The molecule has 2 aromatic heterocycles. The van der Waals surface area contributed by atoms with Gasteiger partial charge in [-0.2, -0.15) is 5.10 Å². The number of amides is 1. The standard InChI is InChI=1S/C24H21N5O/c1-15(16-7-9-26-10-8-16)13-29-14-20-19(5-6-21(25)23(20)24(29)30)17-3-4-18-12-27-28(2)22(18)11-17/h3-12H,1,13-14,25H2,2H3. The van der Waals surface area contributed by atoms with E-state index in [1.54, 1.807) is 17.3 Å². The van der Waals surface area contributed by atoms with E-state index in [0.29, 0.717) is 24.3 Å². The molecule has 0 unspecified atom stereocenters. The van der Waals surface area contributed by atoms with Crippen LogP contribution >= 0.6 is 0 Å². The molecule has 0 atom stereocenters. The van der Waals surface area contributed by atoms with Gasteiger partial charge in [0.25, 0.3) is 5.91 Å². The highest BCUT2D eigenvalue weighted by atomic mass is 16.2. The van der Waals surface area contributed by atoms with Crippen molar-refractivity contribution in [1.29, 1.82) is 0 Å². The lowest BCUT2D eigenvalue weighted by molar-refractivity contribution is 0.0800. The SMILES string of the molecule is C=C(CN1Cc2c(-c3ccc4cnn(C)c4c3)ccc(N)c2C1=O)c1ccncc1. The minimum absolute atomic E-state index is 0.0545. The summed E-state index contributed by atoms with van der Waals surface area (Å²) in [5.41, 5.74) is 13.2. The number of anilines is 1. The third-order valence-corrected chi connectivity index (χ3v) is 5.73. The first-order chi connectivity index (χ1) is 14.5. The number of nitrogens with two attached hydrogens (primary N) is 1. The first-order valence-electron chi connectivity index (χ1n) is 9.74. The molecule has 5 rings (SSSR count). The van der Waals surface area contributed by atoms with E-state index < -0.39 is 0 Å². The van der Waals surface area contributed by atoms with E-state index in [2.05, 4.69) is 34.9 Å². The van der Waals surface area contributed by atoms with Gasteiger partial charge in [-0.1, -0.05) is 24.8 Å². The minimum Gasteiger partial charge on any atom is -0.398 e. The van der Waals surface area contributed by atoms with Crippen molar-refractivity contribution in [3.05, 3.63) is 84.3 Å². The van der Waals surface area contributed by atoms with E-state index in [0.717, 1.165) is 38.7 Å². The van der Waals surface area contributed by atoms with Crippen LogP contribution in [-0.4, -0.2) is 32.1 Å². The Morgan fingerprint density at radius 2 is 1.97 bits per heavy atom. The number of hydrogen-bond donors (Lipinski definition) is 1. The molecule has 1 aliphatic rings. The highest BCUT2D eigenvalue weighted by Crippen LogP contribution is 2.37. The summed E-state index contributed by atoms with van der Waals surface area (Å²) >= 11 is 0. The summed E-state index contributed by atoms with van der Waals surface area (Å²) in [7, 11) is 1.93. The van der Waals surface area contributed by atoms with Crippen molar-refractivity contribution in [1.82, 2.24) is 19.7 Å². The third kappa shape index (κ3) is 2.85. The summed E-state index contributed by atoms with van der Waals surface area (Å²) in [5, 5.41) is 5.41. The molecule has 2 N–H and O–H groups in total. The molecule has 0 spiro atoms. The Labute approximate surface area is 174 Å². The van der Waals surface area contributed by atoms with Crippen LogP contribution in [0.15, 0.2) is 67.6 Å². The van der Waals surface area contributed by atoms with Crippen molar-refractivity contribution in [2.75, 3.05) is 12.3 Å². The molecule has 4 aromatic rings. The monoisotopic (exact) mass is 395 g/mol. The maximum atomic E-state index is 13.2. The van der Waals surface area contributed by atoms with Crippen LogP contribution in [0.3, 0.4) is 0 Å². The zero-order valence-electron chi connectivity index (χ0n) is 16.7. The van der Waals surface area contributed by atoms with Crippen molar-refractivity contribution in [2.24, 2.45) is 7.05 Å². The number of nitrogen functional groups attached to an aromatic ring is 1. The molecule has 30 heavy (non-hydrogen) atoms. The van der Waals surface area contributed by atoms with Crippen LogP contribution < -0.4 is 5.73 Å². The lowest BCUT2D eigenvalue weighted by atomic mass is 9.95. The molecule has 1 aliphatic heterocycles. The van der Waals surface area contributed by atoms with Crippen LogP contribution in [0.5, 0.6) is 0 Å². The molecule has 2 aromatic carbocycles. The summed E-state index contributed by atoms with van der Waals surface area (Å²) in [4.78, 5) is 19.0. The number of fused-ring (bicyclic) bond motifs is 2. The van der Waals surface area contributed by atoms with Crippen LogP contribution in [0, 0.1) is 0 Å². The zero-order chi connectivity index (χ0) is 20.8. The van der Waals surface area contributed by atoms with Crippen molar-refractivity contribution in [2.45, 2.75) is 6.54 Å². The highest BCUT2D eigenvalue weighted by molar-refractivity contribution is 6.06. The molecule has 0 saturated carbocycles. The van der Waals surface area contributed by atoms with Crippen LogP contribution in [-0.2, 0) is 13.6 Å². The summed E-state index contributed by atoms with van der Waals surface area (Å²) in [6.07, 6.45) is 5.31. The number of hydrogen-bond acceptors (Lipinski definition) is 4. The fraction of sp³-hybridized carbons (Fsp3) is 0.125. The molecule has 1 amide bonds. The number of benzene rings is 2. The van der Waals surface area contributed by atoms with Crippen LogP contribution in [0.1, 0.15) is 21.5 Å². The minimum atomic E-state index is -0.0545. The first kappa shape index (κ1) is 18.1. The number of aryl methyl sites for hydroxylation is 1. The molecule has 3 heterocycles. The maximum Gasteiger partial charge on any atom is 0.256 e. The number of pyridine rings is 1. The Balaban J connectivity index is 1.52. The van der Waals surface area contributed by atoms with Gasteiger partial charge in [-0.15, -0.1) is 0 Å². The molecule has 0 aliphatic carbocycles. The van der Waals surface area contributed by atoms with Gasteiger partial charge in [-0.3, -0.25) is 14.5 Å². The predicted molar refractivity (Wildman–Crippen MR) is 119 cm³/mol. The zero-order valence-corrected chi connectivity index (χ0v) is 16.7. The predicted octanol–water partition coefficient (Wildman–Crippen LogP) is 3.89. The molecular weight excluding hydrogens is 374 g/mol. The van der Waals surface area contributed by atoms with Gasteiger partial charge in [-0.05, 0) is 52.1 Å². The summed E-state index contributed by atoms with van der Waals surface area (Å²) in [6, 6.07) is 13.9. The number of carbonyl (C=O) groups is 1. The highest BCUT2D eigenvalue weighted by Gasteiger charge is 2.32. The lowest BCUT2D eigenvalue weighted by Crippen LogP contribution is -2.25. The van der Waals surface area contributed by atoms with Gasteiger partial charge in [0.2, 0.25) is 0 Å². The van der Waals surface area contributed by atoms with Crippen LogP contribution in [0.2, 0.25) is 0 Å². The van der Waals surface area contributed by atoms with E-state index in [9.17, 15) is 4.79 Å². The Morgan fingerprint density at radius 3 is 2.77 bits per heavy atom. The molecular formula is C24H21N5O. The largest absolute Gasteiger partial charge is 0.398 e. The number of nitrogens with zero attached hydrogens (tertiary/aromatic N) is 4. The fourth-order valence-electron chi connectivity index (χ4n) is 4.12. The quantitative estimate of drug-likeness (QED) is 0.532. The topological polar surface area (TPSA) is 77.0 Å². The van der Waals surface area contributed by atoms with Gasteiger partial charge in [0, 0.05) is 43.6 Å². The van der Waals surface area contributed by atoms with E-state index >= 15 is 0 Å². The average molecular weight is 395 g/mol. The van der Waals surface area contributed by atoms with E-state index in [1.165, 1.54) is 0 Å². The van der Waals surface area contributed by atoms with Gasteiger partial charge in [0.1, 0.15) is 0 Å². The number of rotatable bonds is 4. The van der Waals surface area contributed by atoms with E-state index in [4.69, 9.17) is 5.73 Å². The summed E-state index contributed by atoms with van der Waals surface area (Å²) in [6.45, 7) is 5.11. The second-order valence-corrected chi connectivity index (χ2v) is 7.60.